The van der Waals surface area contributed by atoms with Crippen LogP contribution < -0.4 is 0 Å². The van der Waals surface area contributed by atoms with Crippen molar-refractivity contribution in [1.82, 2.24) is 4.90 Å². The summed E-state index contributed by atoms with van der Waals surface area (Å²) in [6, 6.07) is 7.58. The smallest absolute Gasteiger partial charge is 0.325 e. The largest absolute Gasteiger partial charge is 0.468 e. The molecular formula is C17H25NO3. The maximum Gasteiger partial charge on any atom is 0.325 e. The van der Waals surface area contributed by atoms with E-state index in [0.29, 0.717) is 12.1 Å². The van der Waals surface area contributed by atoms with Gasteiger partial charge in [-0.05, 0) is 29.5 Å². The molecule has 4 nitrogen and oxygen atoms in total. The van der Waals surface area contributed by atoms with Gasteiger partial charge in [-0.25, -0.2) is 0 Å². The molecule has 0 aromatic heterocycles. The Hall–Kier alpha value is -1.84. The zero-order chi connectivity index (χ0) is 16.0. The molecule has 0 aliphatic heterocycles. The Bertz CT molecular complexity index is 486. The molecule has 1 aromatic carbocycles. The average molecular weight is 291 g/mol. The van der Waals surface area contributed by atoms with Gasteiger partial charge >= 0.3 is 5.97 Å². The predicted octanol–water partition coefficient (Wildman–Crippen LogP) is 3.01. The number of amides is 1. The maximum atomic E-state index is 12.5. The van der Waals surface area contributed by atoms with Crippen molar-refractivity contribution in [2.24, 2.45) is 0 Å². The first-order valence-corrected chi connectivity index (χ1v) is 7.26. The highest BCUT2D eigenvalue weighted by atomic mass is 16.5. The minimum absolute atomic E-state index is 0.00973. The fraction of sp³-hybridized carbons (Fsp3) is 0.529. The van der Waals surface area contributed by atoms with Crippen LogP contribution in [0, 0.1) is 0 Å². The second-order valence-corrected chi connectivity index (χ2v) is 6.13. The Morgan fingerprint density at radius 2 is 1.71 bits per heavy atom. The van der Waals surface area contributed by atoms with E-state index < -0.39 is 5.97 Å². The summed E-state index contributed by atoms with van der Waals surface area (Å²) in [4.78, 5) is 25.4. The molecule has 0 atom stereocenters. The van der Waals surface area contributed by atoms with Gasteiger partial charge in [0.05, 0.1) is 7.11 Å². The first kappa shape index (κ1) is 17.2. The standard InChI is InChI=1S/C17H25NO3/c1-6-11-18(12-15(19)21-5)16(20)13-7-9-14(10-8-13)17(2,3)4/h7-10H,6,11-12H2,1-5H3. The molecule has 0 N–H and O–H groups in total. The van der Waals surface area contributed by atoms with Gasteiger partial charge in [0.15, 0.2) is 0 Å². The third-order valence-electron chi connectivity index (χ3n) is 3.33. The van der Waals surface area contributed by atoms with Gasteiger partial charge in [0.25, 0.3) is 5.91 Å². The van der Waals surface area contributed by atoms with Crippen molar-refractivity contribution in [2.45, 2.75) is 39.5 Å². The van der Waals surface area contributed by atoms with Crippen LogP contribution in [0.25, 0.3) is 0 Å². The van der Waals surface area contributed by atoms with Gasteiger partial charge in [0, 0.05) is 12.1 Å². The van der Waals surface area contributed by atoms with E-state index in [2.05, 4.69) is 25.5 Å². The molecule has 4 heteroatoms. The molecule has 0 unspecified atom stereocenters. The number of benzene rings is 1. The molecule has 1 amide bonds. The Morgan fingerprint density at radius 1 is 1.14 bits per heavy atom. The number of carbonyl (C=O) groups is 2. The van der Waals surface area contributed by atoms with Crippen LogP contribution in [0.2, 0.25) is 0 Å². The van der Waals surface area contributed by atoms with Gasteiger partial charge in [-0.3, -0.25) is 9.59 Å². The van der Waals surface area contributed by atoms with Crippen molar-refractivity contribution in [1.29, 1.82) is 0 Å². The van der Waals surface area contributed by atoms with Crippen molar-refractivity contribution in [3.63, 3.8) is 0 Å². The Balaban J connectivity index is 2.91. The average Bonchev–Trinajstić information content (AvgIpc) is 2.45. The zero-order valence-electron chi connectivity index (χ0n) is 13.6. The van der Waals surface area contributed by atoms with E-state index in [1.54, 1.807) is 0 Å². The molecule has 0 aliphatic carbocycles. The third-order valence-corrected chi connectivity index (χ3v) is 3.33. The first-order valence-electron chi connectivity index (χ1n) is 7.26. The van der Waals surface area contributed by atoms with Crippen molar-refractivity contribution < 1.29 is 14.3 Å². The van der Waals surface area contributed by atoms with Crippen molar-refractivity contribution in [3.05, 3.63) is 35.4 Å². The van der Waals surface area contributed by atoms with Gasteiger partial charge in [-0.1, -0.05) is 39.8 Å². The van der Waals surface area contributed by atoms with Gasteiger partial charge in [-0.15, -0.1) is 0 Å². The molecule has 21 heavy (non-hydrogen) atoms. The van der Waals surface area contributed by atoms with Gasteiger partial charge in [-0.2, -0.15) is 0 Å². The van der Waals surface area contributed by atoms with E-state index in [1.807, 2.05) is 31.2 Å². The summed E-state index contributed by atoms with van der Waals surface area (Å²) in [6.07, 6.45) is 0.794. The van der Waals surface area contributed by atoms with Crippen LogP contribution in [0.15, 0.2) is 24.3 Å². The van der Waals surface area contributed by atoms with Crippen LogP contribution in [-0.2, 0) is 14.9 Å². The van der Waals surface area contributed by atoms with Crippen LogP contribution in [0.5, 0.6) is 0 Å². The van der Waals surface area contributed by atoms with Crippen LogP contribution in [0.1, 0.15) is 50.0 Å². The van der Waals surface area contributed by atoms with E-state index in [1.165, 1.54) is 17.6 Å². The number of hydrogen-bond donors (Lipinski definition) is 0. The topological polar surface area (TPSA) is 46.6 Å². The highest BCUT2D eigenvalue weighted by Gasteiger charge is 2.19. The molecular weight excluding hydrogens is 266 g/mol. The number of nitrogens with zero attached hydrogens (tertiary/aromatic N) is 1. The third kappa shape index (κ3) is 4.88. The monoisotopic (exact) mass is 291 g/mol. The van der Waals surface area contributed by atoms with E-state index in [9.17, 15) is 9.59 Å². The van der Waals surface area contributed by atoms with Crippen molar-refractivity contribution in [3.8, 4) is 0 Å². The second-order valence-electron chi connectivity index (χ2n) is 6.13. The number of rotatable bonds is 5. The SMILES string of the molecule is CCCN(CC(=O)OC)C(=O)c1ccc(C(C)(C)C)cc1. The van der Waals surface area contributed by atoms with Gasteiger partial charge in [0.2, 0.25) is 0 Å². The summed E-state index contributed by atoms with van der Waals surface area (Å²) >= 11 is 0. The highest BCUT2D eigenvalue weighted by molar-refractivity contribution is 5.96. The number of ether oxygens (including phenoxy) is 1. The number of hydrogen-bond acceptors (Lipinski definition) is 3. The Kier molecular flexibility index (Phi) is 5.94. The number of methoxy groups -OCH3 is 1. The molecule has 0 radical (unpaired) electrons. The second kappa shape index (κ2) is 7.25. The summed E-state index contributed by atoms with van der Waals surface area (Å²) < 4.78 is 4.64. The quantitative estimate of drug-likeness (QED) is 0.783. The van der Waals surface area contributed by atoms with Crippen molar-refractivity contribution >= 4 is 11.9 Å². The molecule has 1 aromatic rings. The molecule has 0 saturated heterocycles. The van der Waals surface area contributed by atoms with Crippen LogP contribution in [0.3, 0.4) is 0 Å². The van der Waals surface area contributed by atoms with E-state index in [4.69, 9.17) is 0 Å². The highest BCUT2D eigenvalue weighted by Crippen LogP contribution is 2.22. The lowest BCUT2D eigenvalue weighted by Gasteiger charge is -2.22. The summed E-state index contributed by atoms with van der Waals surface area (Å²) in [5, 5.41) is 0. The lowest BCUT2D eigenvalue weighted by molar-refractivity contribution is -0.141. The fourth-order valence-corrected chi connectivity index (χ4v) is 2.04. The molecule has 1 rings (SSSR count). The van der Waals surface area contributed by atoms with Gasteiger partial charge in [0.1, 0.15) is 6.54 Å². The summed E-state index contributed by atoms with van der Waals surface area (Å²) in [6.45, 7) is 8.89. The first-order chi connectivity index (χ1) is 9.79. The van der Waals surface area contributed by atoms with Crippen molar-refractivity contribution in [2.75, 3.05) is 20.2 Å². The Labute approximate surface area is 127 Å². The zero-order valence-corrected chi connectivity index (χ0v) is 13.6. The maximum absolute atomic E-state index is 12.5. The molecule has 0 spiro atoms. The predicted molar refractivity (Wildman–Crippen MR) is 83.4 cm³/mol. The lowest BCUT2D eigenvalue weighted by atomic mass is 9.86. The molecule has 0 aliphatic rings. The fourth-order valence-electron chi connectivity index (χ4n) is 2.04. The van der Waals surface area contributed by atoms with E-state index >= 15 is 0 Å². The normalized spacial score (nSPS) is 11.1. The van der Waals surface area contributed by atoms with E-state index in [0.717, 1.165) is 6.42 Å². The molecule has 0 fully saturated rings. The van der Waals surface area contributed by atoms with Crippen LogP contribution in [0.4, 0.5) is 0 Å². The molecule has 116 valence electrons. The summed E-state index contributed by atoms with van der Waals surface area (Å²) in [5.74, 6) is -0.536. The molecule has 0 heterocycles. The summed E-state index contributed by atoms with van der Waals surface area (Å²) in [7, 11) is 1.33. The number of carbonyl (C=O) groups excluding carboxylic acids is 2. The molecule has 0 saturated carbocycles. The minimum Gasteiger partial charge on any atom is -0.468 e. The molecule has 0 bridgehead atoms. The van der Waals surface area contributed by atoms with Crippen LogP contribution in [-0.4, -0.2) is 37.0 Å². The van der Waals surface area contributed by atoms with Crippen LogP contribution >= 0.6 is 0 Å². The minimum atomic E-state index is -0.400. The lowest BCUT2D eigenvalue weighted by Crippen LogP contribution is -2.36. The van der Waals surface area contributed by atoms with Gasteiger partial charge < -0.3 is 9.64 Å². The Morgan fingerprint density at radius 3 is 2.14 bits per heavy atom. The summed E-state index contributed by atoms with van der Waals surface area (Å²) in [5.41, 5.74) is 1.82. The van der Waals surface area contributed by atoms with E-state index in [-0.39, 0.29) is 17.9 Å². The number of esters is 1.